The van der Waals surface area contributed by atoms with Gasteiger partial charge in [-0.3, -0.25) is 0 Å². The summed E-state index contributed by atoms with van der Waals surface area (Å²) in [6, 6.07) is 0. The summed E-state index contributed by atoms with van der Waals surface area (Å²) in [6.45, 7) is 8.74. The van der Waals surface area contributed by atoms with Crippen LogP contribution in [0.1, 0.15) is 47.5 Å². The van der Waals surface area contributed by atoms with Crippen molar-refractivity contribution in [3.05, 3.63) is 0 Å². The second-order valence-electron chi connectivity index (χ2n) is 4.67. The average Bonchev–Trinajstić information content (AvgIpc) is 2.01. The molecule has 0 aliphatic heterocycles. The number of unbranched alkanes of at least 4 members (excludes halogenated alkanes) is 1. The predicted octanol–water partition coefficient (Wildman–Crippen LogP) is 0.301. The number of hydrogen-bond donors (Lipinski definition) is 4. The number of aliphatic hydroxyl groups is 2. The lowest BCUT2D eigenvalue weighted by Gasteiger charge is -2.31. The first-order valence-corrected chi connectivity index (χ1v) is 5.45. The SMILES string of the molecule is CC(C)(O)C(C)(C)O.CCCCOB(O)O. The third-order valence-electron chi connectivity index (χ3n) is 2.26. The fourth-order valence-electron chi connectivity index (χ4n) is 0.333. The fraction of sp³-hybridized carbons (Fsp3) is 1.00. The Balaban J connectivity index is 0. The molecule has 0 fully saturated rings. The van der Waals surface area contributed by atoms with Gasteiger partial charge in [-0.15, -0.1) is 0 Å². The molecule has 0 radical (unpaired) electrons. The summed E-state index contributed by atoms with van der Waals surface area (Å²) in [6.07, 6.45) is 1.88. The Bertz CT molecular complexity index is 148. The maximum atomic E-state index is 9.10. The van der Waals surface area contributed by atoms with Gasteiger partial charge in [-0.05, 0) is 34.1 Å². The maximum absolute atomic E-state index is 9.10. The van der Waals surface area contributed by atoms with Crippen molar-refractivity contribution in [1.29, 1.82) is 0 Å². The molecule has 0 aliphatic rings. The lowest BCUT2D eigenvalue weighted by atomic mass is 9.90. The van der Waals surface area contributed by atoms with E-state index in [2.05, 4.69) is 4.65 Å². The van der Waals surface area contributed by atoms with E-state index < -0.39 is 18.5 Å². The molecule has 6 heteroatoms. The number of hydrogen-bond acceptors (Lipinski definition) is 5. The van der Waals surface area contributed by atoms with E-state index in [0.717, 1.165) is 12.8 Å². The molecule has 0 unspecified atom stereocenters. The van der Waals surface area contributed by atoms with E-state index in [0.29, 0.717) is 6.61 Å². The zero-order chi connectivity index (χ0) is 13.4. The smallest absolute Gasteiger partial charge is 0.402 e. The van der Waals surface area contributed by atoms with Gasteiger partial charge in [0.1, 0.15) is 0 Å². The normalized spacial score (nSPS) is 11.8. The van der Waals surface area contributed by atoms with Gasteiger partial charge in [-0.1, -0.05) is 13.3 Å². The summed E-state index contributed by atoms with van der Waals surface area (Å²) in [5, 5.41) is 34.4. The fourth-order valence-corrected chi connectivity index (χ4v) is 0.333. The van der Waals surface area contributed by atoms with Crippen LogP contribution in [0.4, 0.5) is 0 Å². The van der Waals surface area contributed by atoms with E-state index in [-0.39, 0.29) is 0 Å². The van der Waals surface area contributed by atoms with Crippen LogP contribution < -0.4 is 0 Å². The Labute approximate surface area is 98.2 Å². The van der Waals surface area contributed by atoms with Crippen LogP contribution in [0.15, 0.2) is 0 Å². The molecule has 0 saturated carbocycles. The summed E-state index contributed by atoms with van der Waals surface area (Å²) in [5.41, 5.74) is -2.01. The molecule has 4 N–H and O–H groups in total. The molecule has 0 heterocycles. The van der Waals surface area contributed by atoms with Gasteiger partial charge in [-0.25, -0.2) is 0 Å². The minimum Gasteiger partial charge on any atom is -0.402 e. The molecular formula is C10H25BO5. The van der Waals surface area contributed by atoms with Crippen molar-refractivity contribution >= 4 is 7.32 Å². The summed E-state index contributed by atoms with van der Waals surface area (Å²) >= 11 is 0. The molecule has 16 heavy (non-hydrogen) atoms. The zero-order valence-corrected chi connectivity index (χ0v) is 10.9. The molecule has 0 saturated heterocycles. The van der Waals surface area contributed by atoms with Gasteiger partial charge in [0.15, 0.2) is 0 Å². The first-order chi connectivity index (χ1) is 7.02. The Morgan fingerprint density at radius 3 is 1.56 bits per heavy atom. The topological polar surface area (TPSA) is 90.2 Å². The van der Waals surface area contributed by atoms with Crippen molar-refractivity contribution in [3.63, 3.8) is 0 Å². The molecule has 98 valence electrons. The molecular weight excluding hydrogens is 211 g/mol. The van der Waals surface area contributed by atoms with E-state index >= 15 is 0 Å². The van der Waals surface area contributed by atoms with Crippen molar-refractivity contribution in [2.45, 2.75) is 58.7 Å². The lowest BCUT2D eigenvalue weighted by Crippen LogP contribution is -2.44. The second-order valence-corrected chi connectivity index (χ2v) is 4.67. The van der Waals surface area contributed by atoms with Crippen molar-refractivity contribution in [2.24, 2.45) is 0 Å². The monoisotopic (exact) mass is 236 g/mol. The molecule has 0 aromatic heterocycles. The molecule has 0 aromatic rings. The Morgan fingerprint density at radius 2 is 1.38 bits per heavy atom. The minimum atomic E-state index is -1.60. The van der Waals surface area contributed by atoms with Gasteiger partial charge >= 0.3 is 7.32 Å². The van der Waals surface area contributed by atoms with Crippen molar-refractivity contribution in [3.8, 4) is 0 Å². The van der Waals surface area contributed by atoms with E-state index in [1.807, 2.05) is 6.92 Å². The summed E-state index contributed by atoms with van der Waals surface area (Å²) < 4.78 is 4.39. The van der Waals surface area contributed by atoms with Crippen LogP contribution in [-0.4, -0.2) is 45.4 Å². The highest BCUT2D eigenvalue weighted by Crippen LogP contribution is 2.19. The molecule has 0 spiro atoms. The highest BCUT2D eigenvalue weighted by atomic mass is 16.6. The molecule has 0 bridgehead atoms. The van der Waals surface area contributed by atoms with E-state index in [1.54, 1.807) is 27.7 Å². The van der Waals surface area contributed by atoms with Gasteiger partial charge < -0.3 is 24.9 Å². The van der Waals surface area contributed by atoms with Crippen molar-refractivity contribution < 1.29 is 24.9 Å². The molecule has 0 aromatic carbocycles. The van der Waals surface area contributed by atoms with Gasteiger partial charge in [0.25, 0.3) is 0 Å². The Morgan fingerprint density at radius 1 is 1.00 bits per heavy atom. The van der Waals surface area contributed by atoms with Crippen LogP contribution in [0, 0.1) is 0 Å². The van der Waals surface area contributed by atoms with E-state index in [9.17, 15) is 0 Å². The molecule has 0 atom stereocenters. The van der Waals surface area contributed by atoms with Gasteiger partial charge in [-0.2, -0.15) is 0 Å². The van der Waals surface area contributed by atoms with Gasteiger partial charge in [0.2, 0.25) is 0 Å². The first-order valence-electron chi connectivity index (χ1n) is 5.45. The van der Waals surface area contributed by atoms with Crippen LogP contribution in [0.2, 0.25) is 0 Å². The highest BCUT2D eigenvalue weighted by Gasteiger charge is 2.31. The predicted molar refractivity (Wildman–Crippen MR) is 63.6 cm³/mol. The summed E-state index contributed by atoms with van der Waals surface area (Å²) in [5.74, 6) is 0. The average molecular weight is 236 g/mol. The summed E-state index contributed by atoms with van der Waals surface area (Å²) in [4.78, 5) is 0. The van der Waals surface area contributed by atoms with Crippen LogP contribution >= 0.6 is 0 Å². The lowest BCUT2D eigenvalue weighted by molar-refractivity contribution is -0.107. The van der Waals surface area contributed by atoms with Crippen molar-refractivity contribution in [2.75, 3.05) is 6.61 Å². The highest BCUT2D eigenvalue weighted by molar-refractivity contribution is 6.32. The Hall–Kier alpha value is -0.135. The third kappa shape index (κ3) is 11.9. The molecule has 0 rings (SSSR count). The maximum Gasteiger partial charge on any atom is 0.633 e. The number of rotatable bonds is 5. The van der Waals surface area contributed by atoms with Crippen LogP contribution in [0.25, 0.3) is 0 Å². The largest absolute Gasteiger partial charge is 0.633 e. The Kier molecular flexibility index (Phi) is 9.15. The van der Waals surface area contributed by atoms with Gasteiger partial charge in [0, 0.05) is 6.61 Å². The minimum absolute atomic E-state index is 0.425. The summed E-state index contributed by atoms with van der Waals surface area (Å²) in [7, 11) is -1.60. The standard InChI is InChI=1S/C6H14O2.C4H11BO3/c1-5(2,7)6(3,4)8;1-2-3-4-8-5(6)7/h7-8H,1-4H3;6-7H,2-4H2,1H3. The molecule has 5 nitrogen and oxygen atoms in total. The zero-order valence-electron chi connectivity index (χ0n) is 10.9. The second kappa shape index (κ2) is 8.03. The molecule has 0 amide bonds. The van der Waals surface area contributed by atoms with Crippen LogP contribution in [0.5, 0.6) is 0 Å². The van der Waals surface area contributed by atoms with E-state index in [4.69, 9.17) is 20.3 Å². The van der Waals surface area contributed by atoms with Gasteiger partial charge in [0.05, 0.1) is 11.2 Å². The van der Waals surface area contributed by atoms with E-state index in [1.165, 1.54) is 0 Å². The van der Waals surface area contributed by atoms with Crippen LogP contribution in [0.3, 0.4) is 0 Å². The quantitative estimate of drug-likeness (QED) is 0.407. The third-order valence-corrected chi connectivity index (χ3v) is 2.26. The molecule has 0 aliphatic carbocycles. The first kappa shape index (κ1) is 18.2. The van der Waals surface area contributed by atoms with Crippen molar-refractivity contribution in [1.82, 2.24) is 0 Å². The van der Waals surface area contributed by atoms with Crippen LogP contribution in [-0.2, 0) is 4.65 Å².